The van der Waals surface area contributed by atoms with Crippen LogP contribution in [0, 0.1) is 5.92 Å². The van der Waals surface area contributed by atoms with Crippen molar-refractivity contribution >= 4 is 17.5 Å². The average molecular weight is 440 g/mol. The third-order valence-electron chi connectivity index (χ3n) is 5.78. The van der Waals surface area contributed by atoms with Gasteiger partial charge in [0.2, 0.25) is 11.8 Å². The summed E-state index contributed by atoms with van der Waals surface area (Å²) in [7, 11) is 3.14. The molecule has 1 heterocycles. The number of piperidine rings is 1. The van der Waals surface area contributed by atoms with Gasteiger partial charge in [-0.25, -0.2) is 0 Å². The molecular formula is C25H33N3O4. The molecule has 2 aromatic rings. The van der Waals surface area contributed by atoms with E-state index < -0.39 is 0 Å². The Morgan fingerprint density at radius 1 is 1.00 bits per heavy atom. The number of ether oxygens (including phenoxy) is 2. The molecule has 0 bridgehead atoms. The Balaban J connectivity index is 1.35. The van der Waals surface area contributed by atoms with Gasteiger partial charge in [-0.15, -0.1) is 0 Å². The Morgan fingerprint density at radius 2 is 1.72 bits per heavy atom. The van der Waals surface area contributed by atoms with Crippen molar-refractivity contribution in [2.45, 2.75) is 25.7 Å². The number of carbonyl (C=O) groups excluding carboxylic acids is 2. The molecular weight excluding hydrogens is 406 g/mol. The lowest BCUT2D eigenvalue weighted by atomic mass is 9.96. The number of anilines is 1. The number of amides is 2. The molecule has 1 saturated heterocycles. The first-order chi connectivity index (χ1) is 15.6. The molecule has 3 rings (SSSR count). The Bertz CT molecular complexity index is 880. The summed E-state index contributed by atoms with van der Waals surface area (Å²) in [4.78, 5) is 27.0. The van der Waals surface area contributed by atoms with E-state index in [1.807, 2.05) is 18.2 Å². The molecule has 2 amide bonds. The first kappa shape index (κ1) is 23.6. The van der Waals surface area contributed by atoms with Gasteiger partial charge in [0.25, 0.3) is 0 Å². The van der Waals surface area contributed by atoms with Crippen LogP contribution in [0.25, 0.3) is 0 Å². The fraction of sp³-hybridized carbons (Fsp3) is 0.440. The zero-order valence-electron chi connectivity index (χ0n) is 18.9. The number of carbonyl (C=O) groups is 2. The van der Waals surface area contributed by atoms with Crippen LogP contribution in [0.4, 0.5) is 5.69 Å². The van der Waals surface area contributed by atoms with Gasteiger partial charge in [0, 0.05) is 24.2 Å². The maximum absolute atomic E-state index is 12.5. The molecule has 172 valence electrons. The van der Waals surface area contributed by atoms with Crippen molar-refractivity contribution in [2.75, 3.05) is 45.7 Å². The predicted molar refractivity (Wildman–Crippen MR) is 125 cm³/mol. The minimum absolute atomic E-state index is 0.0249. The molecule has 1 fully saturated rings. The number of likely N-dealkylation sites (tertiary alicyclic amines) is 1. The fourth-order valence-corrected chi connectivity index (χ4v) is 3.96. The van der Waals surface area contributed by atoms with Gasteiger partial charge in [0.1, 0.15) is 0 Å². The molecule has 1 aliphatic heterocycles. The highest BCUT2D eigenvalue weighted by Gasteiger charge is 2.25. The van der Waals surface area contributed by atoms with Crippen LogP contribution in [0.3, 0.4) is 0 Å². The topological polar surface area (TPSA) is 79.9 Å². The molecule has 0 radical (unpaired) electrons. The second-order valence-corrected chi connectivity index (χ2v) is 8.05. The largest absolute Gasteiger partial charge is 0.493 e. The van der Waals surface area contributed by atoms with Crippen molar-refractivity contribution in [3.05, 3.63) is 54.1 Å². The van der Waals surface area contributed by atoms with Crippen LogP contribution in [0.15, 0.2) is 48.5 Å². The third kappa shape index (κ3) is 6.99. The summed E-state index contributed by atoms with van der Waals surface area (Å²) in [6.45, 7) is 2.48. The molecule has 0 aromatic heterocycles. The lowest BCUT2D eigenvalue weighted by Crippen LogP contribution is -2.43. The summed E-state index contributed by atoms with van der Waals surface area (Å²) in [6.07, 6.45) is 3.45. The van der Waals surface area contributed by atoms with Crippen LogP contribution in [-0.4, -0.2) is 57.1 Å². The van der Waals surface area contributed by atoms with Crippen LogP contribution in [0.1, 0.15) is 24.8 Å². The molecule has 0 spiro atoms. The number of nitrogens with one attached hydrogen (secondary N) is 2. The maximum atomic E-state index is 12.5. The van der Waals surface area contributed by atoms with E-state index in [0.717, 1.165) is 38.8 Å². The van der Waals surface area contributed by atoms with E-state index in [4.69, 9.17) is 9.47 Å². The quantitative estimate of drug-likeness (QED) is 0.556. The molecule has 7 heteroatoms. The van der Waals surface area contributed by atoms with Gasteiger partial charge in [-0.05, 0) is 56.5 Å². The van der Waals surface area contributed by atoms with Crippen molar-refractivity contribution in [3.63, 3.8) is 0 Å². The summed E-state index contributed by atoms with van der Waals surface area (Å²) >= 11 is 0. The van der Waals surface area contributed by atoms with Crippen LogP contribution < -0.4 is 20.1 Å². The van der Waals surface area contributed by atoms with E-state index in [0.29, 0.717) is 30.3 Å². The number of hydrogen-bond acceptors (Lipinski definition) is 5. The lowest BCUT2D eigenvalue weighted by molar-refractivity contribution is -0.126. The zero-order valence-corrected chi connectivity index (χ0v) is 18.9. The molecule has 32 heavy (non-hydrogen) atoms. The van der Waals surface area contributed by atoms with Crippen molar-refractivity contribution in [1.82, 2.24) is 10.2 Å². The van der Waals surface area contributed by atoms with E-state index in [9.17, 15) is 9.59 Å². The van der Waals surface area contributed by atoms with Crippen molar-refractivity contribution in [3.8, 4) is 11.5 Å². The normalized spacial score (nSPS) is 14.6. The van der Waals surface area contributed by atoms with Crippen LogP contribution >= 0.6 is 0 Å². The van der Waals surface area contributed by atoms with Crippen molar-refractivity contribution in [2.24, 2.45) is 5.92 Å². The summed E-state index contributed by atoms with van der Waals surface area (Å²) in [5.41, 5.74) is 1.96. The number of hydrogen-bond donors (Lipinski definition) is 2. The number of nitrogens with zero attached hydrogens (tertiary/aromatic N) is 1. The lowest BCUT2D eigenvalue weighted by Gasteiger charge is -2.30. The minimum Gasteiger partial charge on any atom is -0.493 e. The molecule has 0 unspecified atom stereocenters. The Morgan fingerprint density at radius 3 is 2.41 bits per heavy atom. The Labute approximate surface area is 190 Å². The second-order valence-electron chi connectivity index (χ2n) is 8.05. The van der Waals surface area contributed by atoms with Gasteiger partial charge in [0.15, 0.2) is 11.5 Å². The molecule has 0 saturated carbocycles. The van der Waals surface area contributed by atoms with Crippen LogP contribution in [0.5, 0.6) is 11.5 Å². The van der Waals surface area contributed by atoms with E-state index in [2.05, 4.69) is 27.7 Å². The first-order valence-corrected chi connectivity index (χ1v) is 11.1. The standard InChI is InChI=1S/C25H33N3O4/c1-31-22-11-10-21(17-23(22)32-2)27-24(29)18-28-15-12-20(13-16-28)25(30)26-14-6-9-19-7-4-3-5-8-19/h3-5,7-8,10-11,17,20H,6,9,12-16,18H2,1-2H3,(H,26,30)(H,27,29). The van der Waals surface area contributed by atoms with Gasteiger partial charge in [-0.1, -0.05) is 30.3 Å². The number of rotatable bonds is 10. The van der Waals surface area contributed by atoms with E-state index in [1.54, 1.807) is 32.4 Å². The van der Waals surface area contributed by atoms with Gasteiger partial charge in [0.05, 0.1) is 20.8 Å². The zero-order chi connectivity index (χ0) is 22.8. The molecule has 1 aliphatic rings. The SMILES string of the molecule is COc1ccc(NC(=O)CN2CCC(C(=O)NCCCc3ccccc3)CC2)cc1OC. The van der Waals surface area contributed by atoms with Crippen LogP contribution in [0.2, 0.25) is 0 Å². The van der Waals surface area contributed by atoms with Crippen molar-refractivity contribution < 1.29 is 19.1 Å². The second kappa shape index (κ2) is 12.1. The monoisotopic (exact) mass is 439 g/mol. The van der Waals surface area contributed by atoms with E-state index in [-0.39, 0.29) is 17.7 Å². The number of aryl methyl sites for hydroxylation is 1. The molecule has 7 nitrogen and oxygen atoms in total. The smallest absolute Gasteiger partial charge is 0.238 e. The molecule has 2 N–H and O–H groups in total. The highest BCUT2D eigenvalue weighted by Crippen LogP contribution is 2.29. The molecule has 0 atom stereocenters. The minimum atomic E-state index is -0.0824. The maximum Gasteiger partial charge on any atom is 0.238 e. The summed E-state index contributed by atoms with van der Waals surface area (Å²) in [5, 5.41) is 5.97. The third-order valence-corrected chi connectivity index (χ3v) is 5.78. The first-order valence-electron chi connectivity index (χ1n) is 11.1. The van der Waals surface area contributed by atoms with Crippen molar-refractivity contribution in [1.29, 1.82) is 0 Å². The molecule has 2 aromatic carbocycles. The molecule has 0 aliphatic carbocycles. The van der Waals surface area contributed by atoms with Gasteiger partial charge >= 0.3 is 0 Å². The number of benzene rings is 2. The van der Waals surface area contributed by atoms with Crippen LogP contribution in [-0.2, 0) is 16.0 Å². The average Bonchev–Trinajstić information content (AvgIpc) is 2.82. The highest BCUT2D eigenvalue weighted by atomic mass is 16.5. The summed E-state index contributed by atoms with van der Waals surface area (Å²) in [5.74, 6) is 1.26. The number of methoxy groups -OCH3 is 2. The highest BCUT2D eigenvalue weighted by molar-refractivity contribution is 5.92. The summed E-state index contributed by atoms with van der Waals surface area (Å²) in [6, 6.07) is 15.6. The van der Waals surface area contributed by atoms with E-state index >= 15 is 0 Å². The summed E-state index contributed by atoms with van der Waals surface area (Å²) < 4.78 is 10.5. The van der Waals surface area contributed by atoms with Gasteiger partial charge in [-0.3, -0.25) is 14.5 Å². The fourth-order valence-electron chi connectivity index (χ4n) is 3.96. The van der Waals surface area contributed by atoms with Gasteiger partial charge < -0.3 is 20.1 Å². The predicted octanol–water partition coefficient (Wildman–Crippen LogP) is 3.10. The Kier molecular flexibility index (Phi) is 8.92. The Hall–Kier alpha value is -3.06. The van der Waals surface area contributed by atoms with Gasteiger partial charge in [-0.2, -0.15) is 0 Å². The van der Waals surface area contributed by atoms with E-state index in [1.165, 1.54) is 5.56 Å².